The number of carbonyl (C=O) groups is 3. The van der Waals surface area contributed by atoms with Crippen molar-refractivity contribution in [3.63, 3.8) is 0 Å². The van der Waals surface area contributed by atoms with E-state index in [2.05, 4.69) is 11.9 Å². The van der Waals surface area contributed by atoms with Crippen molar-refractivity contribution in [2.24, 2.45) is 0 Å². The van der Waals surface area contributed by atoms with Gasteiger partial charge in [-0.1, -0.05) is 24.8 Å². The van der Waals surface area contributed by atoms with Crippen LogP contribution in [-0.2, 0) is 14.4 Å². The fourth-order valence-corrected chi connectivity index (χ4v) is 2.55. The van der Waals surface area contributed by atoms with Gasteiger partial charge in [-0.3, -0.25) is 24.6 Å². The summed E-state index contributed by atoms with van der Waals surface area (Å²) in [5.74, 6) is -0.982. The van der Waals surface area contributed by atoms with Crippen LogP contribution in [-0.4, -0.2) is 23.8 Å². The molecule has 0 radical (unpaired) electrons. The lowest BCUT2D eigenvalue weighted by atomic mass is 10.0. The third-order valence-electron chi connectivity index (χ3n) is 3.49. The second-order valence-electron chi connectivity index (χ2n) is 4.64. The number of carbonyl (C=O) groups excluding carboxylic acids is 3. The van der Waals surface area contributed by atoms with Gasteiger partial charge >= 0.3 is 0 Å². The topological polar surface area (TPSA) is 66.5 Å². The van der Waals surface area contributed by atoms with Gasteiger partial charge in [0, 0.05) is 17.6 Å². The van der Waals surface area contributed by atoms with E-state index in [1.165, 1.54) is 4.90 Å². The molecule has 5 heteroatoms. The smallest absolute Gasteiger partial charge is 0.259 e. The van der Waals surface area contributed by atoms with Gasteiger partial charge in [-0.25, -0.2) is 0 Å². The molecule has 5 nitrogen and oxygen atoms in total. The van der Waals surface area contributed by atoms with E-state index < -0.39 is 11.9 Å². The van der Waals surface area contributed by atoms with E-state index in [4.69, 9.17) is 0 Å². The maximum Gasteiger partial charge on any atom is 0.259 e. The average molecular weight is 256 g/mol. The Hall–Kier alpha value is -2.43. The molecule has 1 unspecified atom stereocenters. The van der Waals surface area contributed by atoms with E-state index in [1.807, 2.05) is 12.1 Å². The number of nitrogens with zero attached hydrogens (tertiary/aromatic N) is 1. The molecule has 1 aromatic rings. The molecule has 3 rings (SSSR count). The number of anilines is 1. The summed E-state index contributed by atoms with van der Waals surface area (Å²) >= 11 is 0. The maximum absolute atomic E-state index is 12.3. The number of hydrogen-bond donors (Lipinski definition) is 1. The van der Waals surface area contributed by atoms with E-state index in [9.17, 15) is 14.4 Å². The molecule has 0 aliphatic carbocycles. The molecule has 2 aliphatic rings. The molecule has 2 heterocycles. The molecule has 3 amide bonds. The number of para-hydroxylation sites is 1. The van der Waals surface area contributed by atoms with Crippen LogP contribution < -0.4 is 10.2 Å². The highest BCUT2D eigenvalue weighted by molar-refractivity contribution is 6.33. The summed E-state index contributed by atoms with van der Waals surface area (Å²) in [6.07, 6.45) is 0.590. The van der Waals surface area contributed by atoms with Crippen LogP contribution in [0.15, 0.2) is 30.8 Å². The van der Waals surface area contributed by atoms with Crippen LogP contribution in [0.2, 0.25) is 0 Å². The number of benzene rings is 1. The second kappa shape index (κ2) is 4.05. The third kappa shape index (κ3) is 1.66. The summed E-state index contributed by atoms with van der Waals surface area (Å²) in [4.78, 5) is 36.8. The molecular formula is C14H12N2O3. The summed E-state index contributed by atoms with van der Waals surface area (Å²) in [6.45, 7) is 3.77. The molecule has 1 atom stereocenters. The largest absolute Gasteiger partial charge is 0.295 e. The Morgan fingerprint density at radius 1 is 1.21 bits per heavy atom. The summed E-state index contributed by atoms with van der Waals surface area (Å²) in [7, 11) is 0. The van der Waals surface area contributed by atoms with Crippen LogP contribution >= 0.6 is 0 Å². The Labute approximate surface area is 109 Å². The average Bonchev–Trinajstić information content (AvgIpc) is 2.64. The van der Waals surface area contributed by atoms with Gasteiger partial charge in [-0.15, -0.1) is 0 Å². The van der Waals surface area contributed by atoms with Gasteiger partial charge in [-0.05, 0) is 12.5 Å². The number of imide groups is 1. The number of rotatable bonds is 1. The Balaban J connectivity index is 2.02. The standard InChI is InChI=1S/C14H12N2O3/c1-8-9-4-2-3-5-10(9)16(14(8)19)11-6-7-12(17)15-13(11)18/h2-5,11H,1,6-7H2,(H,15,17,18). The molecule has 96 valence electrons. The summed E-state index contributed by atoms with van der Waals surface area (Å²) in [5, 5.41) is 2.27. The van der Waals surface area contributed by atoms with Crippen molar-refractivity contribution in [3.05, 3.63) is 36.4 Å². The number of hydrogen-bond acceptors (Lipinski definition) is 3. The van der Waals surface area contributed by atoms with Crippen molar-refractivity contribution in [1.29, 1.82) is 0 Å². The number of piperidine rings is 1. The van der Waals surface area contributed by atoms with Crippen LogP contribution in [0.3, 0.4) is 0 Å². The molecule has 1 saturated heterocycles. The van der Waals surface area contributed by atoms with E-state index in [1.54, 1.807) is 12.1 Å². The number of fused-ring (bicyclic) bond motifs is 1. The van der Waals surface area contributed by atoms with Gasteiger partial charge in [0.25, 0.3) is 5.91 Å². The minimum Gasteiger partial charge on any atom is -0.295 e. The Kier molecular flexibility index (Phi) is 2.48. The quantitative estimate of drug-likeness (QED) is 0.598. The Morgan fingerprint density at radius 3 is 2.68 bits per heavy atom. The second-order valence-corrected chi connectivity index (χ2v) is 4.64. The highest BCUT2D eigenvalue weighted by Crippen LogP contribution is 2.37. The van der Waals surface area contributed by atoms with Crippen LogP contribution in [0, 0.1) is 0 Å². The lowest BCUT2D eigenvalue weighted by Gasteiger charge is -2.29. The maximum atomic E-state index is 12.3. The molecule has 1 N–H and O–H groups in total. The molecule has 2 aliphatic heterocycles. The van der Waals surface area contributed by atoms with E-state index >= 15 is 0 Å². The molecule has 19 heavy (non-hydrogen) atoms. The fourth-order valence-electron chi connectivity index (χ4n) is 2.55. The van der Waals surface area contributed by atoms with Crippen LogP contribution in [0.5, 0.6) is 0 Å². The molecule has 0 spiro atoms. The van der Waals surface area contributed by atoms with Crippen molar-refractivity contribution in [2.45, 2.75) is 18.9 Å². The predicted molar refractivity (Wildman–Crippen MR) is 69.1 cm³/mol. The molecule has 1 fully saturated rings. The zero-order chi connectivity index (χ0) is 13.6. The fraction of sp³-hybridized carbons (Fsp3) is 0.214. The van der Waals surface area contributed by atoms with Gasteiger partial charge < -0.3 is 0 Å². The normalized spacial score (nSPS) is 22.5. The predicted octanol–water partition coefficient (Wildman–Crippen LogP) is 0.852. The first-order chi connectivity index (χ1) is 9.09. The highest BCUT2D eigenvalue weighted by Gasteiger charge is 2.41. The van der Waals surface area contributed by atoms with Crippen LogP contribution in [0.25, 0.3) is 5.57 Å². The van der Waals surface area contributed by atoms with E-state index in [0.29, 0.717) is 17.7 Å². The Morgan fingerprint density at radius 2 is 1.95 bits per heavy atom. The van der Waals surface area contributed by atoms with E-state index in [0.717, 1.165) is 5.56 Å². The minimum absolute atomic E-state index is 0.245. The first-order valence-corrected chi connectivity index (χ1v) is 6.05. The van der Waals surface area contributed by atoms with Crippen molar-refractivity contribution in [1.82, 2.24) is 5.32 Å². The van der Waals surface area contributed by atoms with Crippen molar-refractivity contribution in [3.8, 4) is 0 Å². The zero-order valence-electron chi connectivity index (χ0n) is 10.2. The Bertz CT molecular complexity index is 621. The zero-order valence-corrected chi connectivity index (χ0v) is 10.2. The van der Waals surface area contributed by atoms with Crippen molar-refractivity contribution < 1.29 is 14.4 Å². The van der Waals surface area contributed by atoms with Gasteiger partial charge in [0.15, 0.2) is 0 Å². The lowest BCUT2D eigenvalue weighted by molar-refractivity contribution is -0.135. The lowest BCUT2D eigenvalue weighted by Crippen LogP contribution is -2.53. The third-order valence-corrected chi connectivity index (χ3v) is 3.49. The summed E-state index contributed by atoms with van der Waals surface area (Å²) in [5.41, 5.74) is 1.82. The van der Waals surface area contributed by atoms with Gasteiger partial charge in [0.05, 0.1) is 5.69 Å². The highest BCUT2D eigenvalue weighted by atomic mass is 16.2. The van der Waals surface area contributed by atoms with Crippen molar-refractivity contribution in [2.75, 3.05) is 4.90 Å². The molecular weight excluding hydrogens is 244 g/mol. The van der Waals surface area contributed by atoms with Gasteiger partial charge in [-0.2, -0.15) is 0 Å². The van der Waals surface area contributed by atoms with Gasteiger partial charge in [0.2, 0.25) is 11.8 Å². The van der Waals surface area contributed by atoms with Crippen molar-refractivity contribution >= 4 is 29.0 Å². The first kappa shape index (κ1) is 11.6. The van der Waals surface area contributed by atoms with Gasteiger partial charge in [0.1, 0.15) is 6.04 Å². The number of amides is 3. The summed E-state index contributed by atoms with van der Waals surface area (Å²) in [6, 6.07) is 6.59. The molecule has 0 aromatic heterocycles. The molecule has 0 bridgehead atoms. The van der Waals surface area contributed by atoms with Crippen LogP contribution in [0.1, 0.15) is 18.4 Å². The molecule has 0 saturated carbocycles. The number of nitrogens with one attached hydrogen (secondary N) is 1. The minimum atomic E-state index is -0.634. The van der Waals surface area contributed by atoms with Crippen LogP contribution in [0.4, 0.5) is 5.69 Å². The molecule has 1 aromatic carbocycles. The monoisotopic (exact) mass is 256 g/mol. The first-order valence-electron chi connectivity index (χ1n) is 6.05. The SMILES string of the molecule is C=C1C(=O)N(C2CCC(=O)NC2=O)c2ccccc21. The summed E-state index contributed by atoms with van der Waals surface area (Å²) < 4.78 is 0. The van der Waals surface area contributed by atoms with E-state index in [-0.39, 0.29) is 18.2 Å².